The summed E-state index contributed by atoms with van der Waals surface area (Å²) in [7, 11) is 0. The van der Waals surface area contributed by atoms with Crippen molar-refractivity contribution in [1.82, 2.24) is 19.9 Å². The van der Waals surface area contributed by atoms with Gasteiger partial charge >= 0.3 is 6.18 Å². The molecule has 3 heterocycles. The summed E-state index contributed by atoms with van der Waals surface area (Å²) in [6, 6.07) is 0. The van der Waals surface area contributed by atoms with E-state index in [2.05, 4.69) is 15.0 Å². The van der Waals surface area contributed by atoms with Gasteiger partial charge < -0.3 is 20.5 Å². The number of amides is 2. The molecule has 2 aromatic heterocycles. The van der Waals surface area contributed by atoms with Gasteiger partial charge in [0.05, 0.1) is 12.1 Å². The molecule has 2 fully saturated rings. The molecule has 3 N–H and O–H groups in total. The molecule has 0 bridgehead atoms. The van der Waals surface area contributed by atoms with Crippen LogP contribution < -0.4 is 10.6 Å². The zero-order chi connectivity index (χ0) is 22.9. The molecule has 1 saturated heterocycles. The highest BCUT2D eigenvalue weighted by molar-refractivity contribution is 5.93. The summed E-state index contributed by atoms with van der Waals surface area (Å²) < 4.78 is 38.6. The Hall–Kier alpha value is -3.11. The molecule has 2 amide bonds. The summed E-state index contributed by atoms with van der Waals surface area (Å²) in [5, 5.41) is 0. The van der Waals surface area contributed by atoms with E-state index in [1.807, 2.05) is 4.90 Å². The Morgan fingerprint density at radius 3 is 2.44 bits per heavy atom. The monoisotopic (exact) mass is 450 g/mol. The highest BCUT2D eigenvalue weighted by Crippen LogP contribution is 2.40. The largest absolute Gasteiger partial charge is 0.391 e. The van der Waals surface area contributed by atoms with Crippen molar-refractivity contribution in [2.45, 2.75) is 31.9 Å². The number of piperazine rings is 1. The van der Waals surface area contributed by atoms with E-state index in [0.29, 0.717) is 61.6 Å². The maximum Gasteiger partial charge on any atom is 0.391 e. The molecule has 8 nitrogen and oxygen atoms in total. The normalized spacial score (nSPS) is 22.6. The second kappa shape index (κ2) is 8.79. The van der Waals surface area contributed by atoms with E-state index in [-0.39, 0.29) is 24.7 Å². The van der Waals surface area contributed by atoms with Crippen LogP contribution in [0.2, 0.25) is 0 Å². The number of alkyl halides is 3. The van der Waals surface area contributed by atoms with E-state index in [1.54, 1.807) is 23.4 Å². The lowest BCUT2D eigenvalue weighted by atomic mass is 9.81. The Kier molecular flexibility index (Phi) is 6.07. The first-order valence-corrected chi connectivity index (χ1v) is 10.6. The fourth-order valence-corrected chi connectivity index (χ4v) is 4.43. The first kappa shape index (κ1) is 22.1. The van der Waals surface area contributed by atoms with Crippen molar-refractivity contribution >= 4 is 34.9 Å². The maximum absolute atomic E-state index is 12.9. The van der Waals surface area contributed by atoms with E-state index in [9.17, 15) is 22.8 Å². The molecule has 0 spiro atoms. The summed E-state index contributed by atoms with van der Waals surface area (Å²) in [6.07, 6.45) is 2.64. The fraction of sp³-hybridized carbons (Fsp3) is 0.524. The zero-order valence-electron chi connectivity index (χ0n) is 17.4. The molecule has 4 rings (SSSR count). The average molecular weight is 450 g/mol. The van der Waals surface area contributed by atoms with Gasteiger partial charge in [-0.1, -0.05) is 0 Å². The van der Waals surface area contributed by atoms with Crippen LogP contribution in [0.5, 0.6) is 0 Å². The molecule has 1 saturated carbocycles. The third kappa shape index (κ3) is 4.71. The van der Waals surface area contributed by atoms with Crippen LogP contribution in [0.4, 0.5) is 19.0 Å². The van der Waals surface area contributed by atoms with Crippen LogP contribution in [-0.4, -0.2) is 64.0 Å². The Morgan fingerprint density at radius 1 is 1.12 bits per heavy atom. The van der Waals surface area contributed by atoms with Crippen LogP contribution >= 0.6 is 0 Å². The van der Waals surface area contributed by atoms with Gasteiger partial charge in [-0.15, -0.1) is 0 Å². The predicted octanol–water partition coefficient (Wildman–Crippen LogP) is 2.47. The molecule has 0 aromatic carbocycles. The van der Waals surface area contributed by atoms with Gasteiger partial charge in [0, 0.05) is 49.9 Å². The second-order valence-electron chi connectivity index (χ2n) is 8.31. The van der Waals surface area contributed by atoms with Crippen molar-refractivity contribution in [2.24, 2.45) is 17.6 Å². The molecule has 2 aliphatic rings. The lowest BCUT2D eigenvalue weighted by molar-refractivity contribution is -0.185. The van der Waals surface area contributed by atoms with Gasteiger partial charge in [-0.3, -0.25) is 9.59 Å². The van der Waals surface area contributed by atoms with Gasteiger partial charge in [0.15, 0.2) is 5.65 Å². The lowest BCUT2D eigenvalue weighted by Crippen LogP contribution is -2.51. The van der Waals surface area contributed by atoms with Gasteiger partial charge in [-0.25, -0.2) is 9.97 Å². The van der Waals surface area contributed by atoms with E-state index in [4.69, 9.17) is 5.73 Å². The van der Waals surface area contributed by atoms with Crippen molar-refractivity contribution in [3.63, 3.8) is 0 Å². The molecular weight excluding hydrogens is 425 g/mol. The van der Waals surface area contributed by atoms with Crippen LogP contribution in [0, 0.1) is 11.8 Å². The molecule has 2 aromatic rings. The number of nitrogens with zero attached hydrogens (tertiary/aromatic N) is 4. The fourth-order valence-electron chi connectivity index (χ4n) is 4.43. The van der Waals surface area contributed by atoms with Crippen LogP contribution in [0.15, 0.2) is 18.5 Å². The minimum Gasteiger partial charge on any atom is -0.366 e. The standard InChI is InChI=1S/C21H25F3N6O2/c22-21(23,24)15-4-1-13(2-5-15)20(32)30-9-7-29(8-10-30)17-12-27-19-18(28-17)14(11-26-19)3-6-16(25)31/h3,6,11-13,15H,1-2,4-5,7-10H2,(H2,25,31)(H,26,27)/b6-3+. The van der Waals surface area contributed by atoms with E-state index in [1.165, 1.54) is 6.08 Å². The summed E-state index contributed by atoms with van der Waals surface area (Å²) in [5.41, 5.74) is 7.04. The minimum atomic E-state index is -4.17. The topological polar surface area (TPSA) is 108 Å². The van der Waals surface area contributed by atoms with Gasteiger partial charge in [-0.2, -0.15) is 13.2 Å². The Bertz CT molecular complexity index is 1020. The Labute approximate surface area is 182 Å². The van der Waals surface area contributed by atoms with E-state index >= 15 is 0 Å². The van der Waals surface area contributed by atoms with Crippen LogP contribution in [-0.2, 0) is 9.59 Å². The number of aromatic nitrogens is 3. The summed E-state index contributed by atoms with van der Waals surface area (Å²) >= 11 is 0. The Balaban J connectivity index is 1.36. The first-order valence-electron chi connectivity index (χ1n) is 10.6. The van der Waals surface area contributed by atoms with Crippen molar-refractivity contribution in [1.29, 1.82) is 0 Å². The number of primary amides is 1. The van der Waals surface area contributed by atoms with Gasteiger partial charge in [0.2, 0.25) is 11.8 Å². The van der Waals surface area contributed by atoms with Crippen molar-refractivity contribution in [3.8, 4) is 0 Å². The number of aromatic amines is 1. The van der Waals surface area contributed by atoms with Crippen molar-refractivity contribution < 1.29 is 22.8 Å². The quantitative estimate of drug-likeness (QED) is 0.696. The van der Waals surface area contributed by atoms with E-state index in [0.717, 1.165) is 0 Å². The predicted molar refractivity (Wildman–Crippen MR) is 112 cm³/mol. The van der Waals surface area contributed by atoms with Crippen LogP contribution in [0.3, 0.4) is 0 Å². The molecule has 1 aliphatic heterocycles. The number of H-pyrrole nitrogens is 1. The number of nitrogens with two attached hydrogens (primary N) is 1. The maximum atomic E-state index is 12.9. The molecule has 0 atom stereocenters. The second-order valence-corrected chi connectivity index (χ2v) is 8.31. The number of nitrogens with one attached hydrogen (secondary N) is 1. The minimum absolute atomic E-state index is 0.0265. The summed E-state index contributed by atoms with van der Waals surface area (Å²) in [6.45, 7) is 2.08. The third-order valence-electron chi connectivity index (χ3n) is 6.28. The summed E-state index contributed by atoms with van der Waals surface area (Å²) in [5.74, 6) is -1.56. The van der Waals surface area contributed by atoms with Crippen molar-refractivity contribution in [3.05, 3.63) is 24.0 Å². The van der Waals surface area contributed by atoms with Crippen molar-refractivity contribution in [2.75, 3.05) is 31.1 Å². The van der Waals surface area contributed by atoms with E-state index < -0.39 is 18.0 Å². The van der Waals surface area contributed by atoms with Crippen LogP contribution in [0.1, 0.15) is 31.2 Å². The zero-order valence-corrected chi connectivity index (χ0v) is 17.4. The molecule has 0 radical (unpaired) electrons. The lowest BCUT2D eigenvalue weighted by Gasteiger charge is -2.38. The molecule has 0 unspecified atom stereocenters. The molecule has 11 heteroatoms. The number of carbonyl (C=O) groups excluding carboxylic acids is 2. The Morgan fingerprint density at radius 2 is 1.81 bits per heavy atom. The van der Waals surface area contributed by atoms with Crippen LogP contribution in [0.25, 0.3) is 17.2 Å². The third-order valence-corrected chi connectivity index (χ3v) is 6.28. The molecule has 1 aliphatic carbocycles. The highest BCUT2D eigenvalue weighted by Gasteiger charge is 2.43. The average Bonchev–Trinajstić information content (AvgIpc) is 3.19. The van der Waals surface area contributed by atoms with Gasteiger partial charge in [-0.05, 0) is 31.8 Å². The highest BCUT2D eigenvalue weighted by atomic mass is 19.4. The number of hydrogen-bond acceptors (Lipinski definition) is 5. The number of rotatable bonds is 4. The van der Waals surface area contributed by atoms with Gasteiger partial charge in [0.1, 0.15) is 11.3 Å². The molecular formula is C21H25F3N6O2. The number of halogens is 3. The smallest absolute Gasteiger partial charge is 0.366 e. The number of hydrogen-bond donors (Lipinski definition) is 2. The number of anilines is 1. The number of fused-ring (bicyclic) bond motifs is 1. The molecule has 32 heavy (non-hydrogen) atoms. The first-order chi connectivity index (χ1) is 15.2. The summed E-state index contributed by atoms with van der Waals surface area (Å²) in [4.78, 5) is 39.6. The van der Waals surface area contributed by atoms with Gasteiger partial charge in [0.25, 0.3) is 0 Å². The number of carbonyl (C=O) groups is 2. The SMILES string of the molecule is NC(=O)/C=C/c1c[nH]c2ncc(N3CCN(C(=O)C4CCC(C(F)(F)F)CC4)CC3)nc12. The molecule has 172 valence electrons.